The van der Waals surface area contributed by atoms with Gasteiger partial charge >= 0.3 is 5.97 Å². The first-order valence-electron chi connectivity index (χ1n) is 4.87. The van der Waals surface area contributed by atoms with E-state index in [1.807, 2.05) is 24.3 Å². The summed E-state index contributed by atoms with van der Waals surface area (Å²) in [5.74, 6) is -0.903. The van der Waals surface area contributed by atoms with Crippen LogP contribution in [0.3, 0.4) is 0 Å². The normalized spacial score (nSPS) is 18.2. The van der Waals surface area contributed by atoms with E-state index >= 15 is 0 Å². The Bertz CT molecular complexity index is 377. The summed E-state index contributed by atoms with van der Waals surface area (Å²) >= 11 is 3.36. The zero-order valence-electron chi connectivity index (χ0n) is 8.11. The van der Waals surface area contributed by atoms with Crippen LogP contribution in [0.2, 0.25) is 0 Å². The van der Waals surface area contributed by atoms with E-state index in [2.05, 4.69) is 21.2 Å². The molecule has 4 heteroatoms. The van der Waals surface area contributed by atoms with E-state index in [9.17, 15) is 9.90 Å². The molecule has 1 unspecified atom stereocenters. The summed E-state index contributed by atoms with van der Waals surface area (Å²) in [7, 11) is 0. The van der Waals surface area contributed by atoms with Crippen LogP contribution >= 0.6 is 15.9 Å². The molecule has 1 fully saturated rings. The monoisotopic (exact) mass is 269 g/mol. The smallest absolute Gasteiger partial charge is 0.311 e. The van der Waals surface area contributed by atoms with Gasteiger partial charge < -0.3 is 10.4 Å². The molecule has 1 heterocycles. The van der Waals surface area contributed by atoms with Crippen LogP contribution < -0.4 is 5.32 Å². The minimum absolute atomic E-state index is 0.219. The Hall–Kier alpha value is -0.870. The number of carbonyl (C=O) groups is 1. The molecule has 1 aromatic carbocycles. The minimum atomic E-state index is -0.736. The summed E-state index contributed by atoms with van der Waals surface area (Å²) in [4.78, 5) is 11.2. The molecule has 0 radical (unpaired) electrons. The van der Waals surface area contributed by atoms with E-state index in [0.29, 0.717) is 0 Å². The highest BCUT2D eigenvalue weighted by Gasteiger charge is 2.33. The Morgan fingerprint density at radius 1 is 1.53 bits per heavy atom. The lowest BCUT2D eigenvalue weighted by Crippen LogP contribution is -2.47. The van der Waals surface area contributed by atoms with Gasteiger partial charge in [0.2, 0.25) is 0 Å². The van der Waals surface area contributed by atoms with E-state index in [1.54, 1.807) is 0 Å². The molecule has 1 saturated heterocycles. The molecule has 0 aromatic heterocycles. The second-order valence-corrected chi connectivity index (χ2v) is 4.70. The molecule has 0 aliphatic carbocycles. The molecule has 1 atom stereocenters. The second-order valence-electron chi connectivity index (χ2n) is 3.79. The van der Waals surface area contributed by atoms with Gasteiger partial charge in [-0.1, -0.05) is 28.1 Å². The quantitative estimate of drug-likeness (QED) is 0.881. The topological polar surface area (TPSA) is 49.3 Å². The SMILES string of the molecule is O=C(O)C(c1cccc(Br)c1)C1CNC1. The van der Waals surface area contributed by atoms with Crippen molar-refractivity contribution in [2.75, 3.05) is 13.1 Å². The van der Waals surface area contributed by atoms with Gasteiger partial charge in [-0.25, -0.2) is 0 Å². The highest BCUT2D eigenvalue weighted by atomic mass is 79.9. The van der Waals surface area contributed by atoms with Crippen LogP contribution in [0.1, 0.15) is 11.5 Å². The van der Waals surface area contributed by atoms with E-state index < -0.39 is 5.97 Å². The Kier molecular flexibility index (Phi) is 3.07. The summed E-state index contributed by atoms with van der Waals surface area (Å²) in [5, 5.41) is 12.3. The number of aliphatic carboxylic acids is 1. The summed E-state index contributed by atoms with van der Waals surface area (Å²) in [6, 6.07) is 7.54. The first-order chi connectivity index (χ1) is 7.18. The lowest BCUT2D eigenvalue weighted by Gasteiger charge is -2.32. The molecular weight excluding hydrogens is 258 g/mol. The van der Waals surface area contributed by atoms with E-state index in [-0.39, 0.29) is 11.8 Å². The van der Waals surface area contributed by atoms with Crippen molar-refractivity contribution in [2.24, 2.45) is 5.92 Å². The largest absolute Gasteiger partial charge is 0.481 e. The summed E-state index contributed by atoms with van der Waals surface area (Å²) in [5.41, 5.74) is 0.878. The molecule has 0 spiro atoms. The lowest BCUT2D eigenvalue weighted by molar-refractivity contribution is -0.140. The van der Waals surface area contributed by atoms with Crippen LogP contribution in [-0.2, 0) is 4.79 Å². The fourth-order valence-electron chi connectivity index (χ4n) is 1.86. The first-order valence-corrected chi connectivity index (χ1v) is 5.67. The number of nitrogens with one attached hydrogen (secondary N) is 1. The summed E-state index contributed by atoms with van der Waals surface area (Å²) in [6.45, 7) is 1.59. The fourth-order valence-corrected chi connectivity index (χ4v) is 2.28. The van der Waals surface area contributed by atoms with Gasteiger partial charge in [-0.3, -0.25) is 4.79 Å². The molecule has 15 heavy (non-hydrogen) atoms. The molecule has 1 aliphatic rings. The van der Waals surface area contributed by atoms with E-state index in [1.165, 1.54) is 0 Å². The van der Waals surface area contributed by atoms with Gasteiger partial charge in [0, 0.05) is 23.5 Å². The molecule has 80 valence electrons. The third kappa shape index (κ3) is 2.21. The predicted octanol–water partition coefficient (Wildman–Crippen LogP) is 1.84. The highest BCUT2D eigenvalue weighted by Crippen LogP contribution is 2.29. The minimum Gasteiger partial charge on any atom is -0.481 e. The molecule has 3 nitrogen and oxygen atoms in total. The van der Waals surface area contributed by atoms with E-state index in [4.69, 9.17) is 0 Å². The van der Waals surface area contributed by atoms with E-state index in [0.717, 1.165) is 23.1 Å². The number of rotatable bonds is 3. The van der Waals surface area contributed by atoms with Crippen molar-refractivity contribution in [1.82, 2.24) is 5.32 Å². The third-order valence-corrected chi connectivity index (χ3v) is 3.25. The van der Waals surface area contributed by atoms with Crippen molar-refractivity contribution in [1.29, 1.82) is 0 Å². The van der Waals surface area contributed by atoms with Crippen LogP contribution in [-0.4, -0.2) is 24.2 Å². The average Bonchev–Trinajstić information content (AvgIpc) is 2.10. The zero-order valence-corrected chi connectivity index (χ0v) is 9.70. The molecular formula is C11H12BrNO2. The predicted molar refractivity (Wildman–Crippen MR) is 60.9 cm³/mol. The Morgan fingerprint density at radius 2 is 2.27 bits per heavy atom. The maximum Gasteiger partial charge on any atom is 0.311 e. The van der Waals surface area contributed by atoms with Crippen molar-refractivity contribution >= 4 is 21.9 Å². The number of benzene rings is 1. The number of hydrogen-bond acceptors (Lipinski definition) is 2. The first kappa shape index (κ1) is 10.6. The highest BCUT2D eigenvalue weighted by molar-refractivity contribution is 9.10. The van der Waals surface area contributed by atoms with Crippen molar-refractivity contribution in [2.45, 2.75) is 5.92 Å². The standard InChI is InChI=1S/C11H12BrNO2/c12-9-3-1-2-7(4-9)10(11(14)15)8-5-13-6-8/h1-4,8,10,13H,5-6H2,(H,14,15). The molecule has 1 aliphatic heterocycles. The van der Waals surface area contributed by atoms with Crippen LogP contribution in [0.5, 0.6) is 0 Å². The Morgan fingerprint density at radius 3 is 2.73 bits per heavy atom. The second kappa shape index (κ2) is 4.33. The summed E-state index contributed by atoms with van der Waals surface area (Å²) in [6.07, 6.45) is 0. The van der Waals surface area contributed by atoms with Crippen LogP contribution in [0.15, 0.2) is 28.7 Å². The van der Waals surface area contributed by atoms with Crippen LogP contribution in [0, 0.1) is 5.92 Å². The van der Waals surface area contributed by atoms with Crippen molar-refractivity contribution in [3.63, 3.8) is 0 Å². The van der Waals surface area contributed by atoms with Gasteiger partial charge in [0.1, 0.15) is 0 Å². The molecule has 1 aromatic rings. The van der Waals surface area contributed by atoms with Crippen LogP contribution in [0.4, 0.5) is 0 Å². The third-order valence-electron chi connectivity index (χ3n) is 2.76. The van der Waals surface area contributed by atoms with Gasteiger partial charge in [-0.2, -0.15) is 0 Å². The molecule has 2 rings (SSSR count). The Labute approximate surface area is 96.6 Å². The number of halogens is 1. The average molecular weight is 270 g/mol. The fraction of sp³-hybridized carbons (Fsp3) is 0.364. The van der Waals surface area contributed by atoms with Crippen LogP contribution in [0.25, 0.3) is 0 Å². The number of hydrogen-bond donors (Lipinski definition) is 2. The Balaban J connectivity index is 2.27. The molecule has 0 bridgehead atoms. The number of carboxylic acid groups (broad SMARTS) is 1. The maximum absolute atomic E-state index is 11.2. The van der Waals surface area contributed by atoms with Gasteiger partial charge in [0.05, 0.1) is 5.92 Å². The summed E-state index contributed by atoms with van der Waals surface area (Å²) < 4.78 is 0.929. The van der Waals surface area contributed by atoms with Crippen molar-refractivity contribution < 1.29 is 9.90 Å². The van der Waals surface area contributed by atoms with Gasteiger partial charge in [-0.05, 0) is 17.7 Å². The van der Waals surface area contributed by atoms with Crippen molar-refractivity contribution in [3.8, 4) is 0 Å². The lowest BCUT2D eigenvalue weighted by atomic mass is 9.82. The molecule has 0 amide bonds. The molecule has 0 saturated carbocycles. The van der Waals surface area contributed by atoms with Crippen molar-refractivity contribution in [3.05, 3.63) is 34.3 Å². The molecule has 2 N–H and O–H groups in total. The van der Waals surface area contributed by atoms with Gasteiger partial charge in [-0.15, -0.1) is 0 Å². The zero-order chi connectivity index (χ0) is 10.8. The maximum atomic E-state index is 11.2. The number of carboxylic acids is 1. The van der Waals surface area contributed by atoms with Gasteiger partial charge in [0.25, 0.3) is 0 Å². The van der Waals surface area contributed by atoms with Gasteiger partial charge in [0.15, 0.2) is 0 Å².